The Hall–Kier alpha value is -1.40. The van der Waals surface area contributed by atoms with Crippen molar-refractivity contribution in [2.45, 2.75) is 38.5 Å². The highest BCUT2D eigenvalue weighted by Crippen LogP contribution is 2.01. The van der Waals surface area contributed by atoms with Crippen molar-refractivity contribution in [3.63, 3.8) is 0 Å². The maximum Gasteiger partial charge on any atom is 0.330 e. The molecule has 0 aromatic rings. The minimum absolute atomic E-state index is 0.0240. The minimum Gasteiger partial charge on any atom is -0.481 e. The number of carbonyl (C=O) groups excluding carboxylic acids is 2. The Morgan fingerprint density at radius 1 is 1.00 bits per heavy atom. The van der Waals surface area contributed by atoms with E-state index in [0.717, 1.165) is 12.5 Å². The van der Waals surface area contributed by atoms with E-state index in [9.17, 15) is 14.4 Å². The van der Waals surface area contributed by atoms with Crippen molar-refractivity contribution >= 4 is 68.7 Å². The molecule has 0 unspecified atom stereocenters. The Morgan fingerprint density at radius 2 is 1.58 bits per heavy atom. The molecule has 0 aliphatic heterocycles. The molecule has 9 radical (unpaired) electrons. The number of rotatable bonds is 13. The molecule has 0 fully saturated rings. The molecular weight excluding hydrogens is 328 g/mol. The fourth-order valence-corrected chi connectivity index (χ4v) is 1.38. The van der Waals surface area contributed by atoms with Gasteiger partial charge in [-0.25, -0.2) is 4.79 Å². The SMILES string of the molecule is C=CC(=O)OCCCCCOC(=O)CCCC(=O)O.[B][B]B([B])B([B])[B]. The number of carboxylic acid groups (broad SMARTS) is 1. The van der Waals surface area contributed by atoms with Crippen LogP contribution in [0.25, 0.3) is 0 Å². The first-order valence-corrected chi connectivity index (χ1v) is 8.23. The molecule has 26 heavy (non-hydrogen) atoms. The van der Waals surface area contributed by atoms with Gasteiger partial charge in [-0.3, -0.25) is 9.59 Å². The van der Waals surface area contributed by atoms with Gasteiger partial charge in [-0.05, 0) is 25.7 Å². The zero-order valence-electron chi connectivity index (χ0n) is 15.0. The van der Waals surface area contributed by atoms with Gasteiger partial charge in [-0.1, -0.05) is 6.58 Å². The molecule has 0 aromatic heterocycles. The van der Waals surface area contributed by atoms with E-state index in [0.29, 0.717) is 32.5 Å². The maximum absolute atomic E-state index is 11.1. The van der Waals surface area contributed by atoms with E-state index in [1.165, 1.54) is 7.06 Å². The Kier molecular flexibility index (Phi) is 19.0. The van der Waals surface area contributed by atoms with E-state index in [-0.39, 0.29) is 25.2 Å². The number of unbranched alkanes of at least 4 members (excludes halogenated alkanes) is 2. The largest absolute Gasteiger partial charge is 0.481 e. The summed E-state index contributed by atoms with van der Waals surface area (Å²) >= 11 is 0. The molecule has 0 aliphatic carbocycles. The van der Waals surface area contributed by atoms with Crippen LogP contribution in [0.4, 0.5) is 0 Å². The van der Waals surface area contributed by atoms with Crippen LogP contribution in [0.2, 0.25) is 0 Å². The van der Waals surface area contributed by atoms with Crippen LogP contribution < -0.4 is 0 Å². The molecule has 0 spiro atoms. The predicted octanol–water partition coefficient (Wildman–Crippen LogP) is -0.982. The van der Waals surface area contributed by atoms with Gasteiger partial charge in [0.05, 0.1) is 13.2 Å². The lowest BCUT2D eigenvalue weighted by Crippen LogP contribution is -2.43. The van der Waals surface area contributed by atoms with Crippen LogP contribution >= 0.6 is 0 Å². The minimum atomic E-state index is -0.915. The molecule has 0 amide bonds. The van der Waals surface area contributed by atoms with Gasteiger partial charge in [0, 0.05) is 69.7 Å². The van der Waals surface area contributed by atoms with Gasteiger partial charge in [0.2, 0.25) is 0 Å². The third kappa shape index (κ3) is 20.6. The molecule has 0 aromatic carbocycles. The molecule has 13 heteroatoms. The molecule has 6 nitrogen and oxygen atoms in total. The lowest BCUT2D eigenvalue weighted by atomic mass is 8.76. The molecule has 0 rings (SSSR count). The third-order valence-corrected chi connectivity index (χ3v) is 2.90. The van der Waals surface area contributed by atoms with Crippen molar-refractivity contribution in [2.75, 3.05) is 13.2 Å². The summed E-state index contributed by atoms with van der Waals surface area (Å²) in [4.78, 5) is 32.1. The highest BCUT2D eigenvalue weighted by Gasteiger charge is 2.06. The number of esters is 2. The number of hydrogen-bond donors (Lipinski definition) is 1. The summed E-state index contributed by atoms with van der Waals surface area (Å²) in [6, 6.07) is 0. The smallest absolute Gasteiger partial charge is 0.330 e. The Bertz CT molecular complexity index is 422. The van der Waals surface area contributed by atoms with Crippen LogP contribution in [-0.4, -0.2) is 87.0 Å². The monoisotopic (exact) mass is 349 g/mol. The van der Waals surface area contributed by atoms with Gasteiger partial charge in [-0.15, -0.1) is 0 Å². The predicted molar refractivity (Wildman–Crippen MR) is 108 cm³/mol. The van der Waals surface area contributed by atoms with Gasteiger partial charge >= 0.3 is 17.9 Å². The summed E-state index contributed by atoms with van der Waals surface area (Å²) in [6.45, 7) is 3.91. The summed E-state index contributed by atoms with van der Waals surface area (Å²) in [7, 11) is 21.6. The fraction of sp³-hybridized carbons (Fsp3) is 0.615. The maximum atomic E-state index is 11.1. The normalized spacial score (nSPS) is 9.08. The van der Waals surface area contributed by atoms with Gasteiger partial charge in [-0.2, -0.15) is 0 Å². The second kappa shape index (κ2) is 18.4. The van der Waals surface area contributed by atoms with Gasteiger partial charge in [0.1, 0.15) is 0 Å². The number of carboxylic acids is 1. The van der Waals surface area contributed by atoms with E-state index >= 15 is 0 Å². The van der Waals surface area contributed by atoms with E-state index in [2.05, 4.69) is 6.58 Å². The first kappa shape index (κ1) is 26.8. The Labute approximate surface area is 162 Å². The standard InChI is InChI=1S/C13H20O6.B7/c1-2-12(16)18-9-4-3-5-10-19-13(17)8-6-7-11(14)15;1-5-7(4)6(2)3/h2H,1,3-10H2,(H,14,15);. The summed E-state index contributed by atoms with van der Waals surface area (Å²) in [5.41, 5.74) is 0. The van der Waals surface area contributed by atoms with Crippen LogP contribution in [0.1, 0.15) is 38.5 Å². The summed E-state index contributed by atoms with van der Waals surface area (Å²) in [5, 5.41) is 8.39. The van der Waals surface area contributed by atoms with Crippen LogP contribution in [0.5, 0.6) is 0 Å². The molecule has 129 valence electrons. The third-order valence-electron chi connectivity index (χ3n) is 2.90. The molecule has 1 N–H and O–H groups in total. The average molecular weight is 348 g/mol. The Balaban J connectivity index is 0. The molecule has 0 heterocycles. The quantitative estimate of drug-likeness (QED) is 0.199. The number of aliphatic carboxylic acids is 1. The lowest BCUT2D eigenvalue weighted by Gasteiger charge is -2.05. The first-order valence-electron chi connectivity index (χ1n) is 8.23. The molecule has 0 saturated carbocycles. The summed E-state index contributed by atoms with van der Waals surface area (Å²) in [6.07, 6.45) is 2.77. The van der Waals surface area contributed by atoms with Gasteiger partial charge in [0.15, 0.2) is 0 Å². The van der Waals surface area contributed by atoms with Crippen LogP contribution in [-0.2, 0) is 23.9 Å². The van der Waals surface area contributed by atoms with Crippen molar-refractivity contribution < 1.29 is 29.0 Å². The second-order valence-electron chi connectivity index (χ2n) is 5.25. The van der Waals surface area contributed by atoms with Crippen LogP contribution in [0, 0.1) is 0 Å². The highest BCUT2D eigenvalue weighted by molar-refractivity contribution is 7.81. The highest BCUT2D eigenvalue weighted by atomic mass is 16.5. The number of carbonyl (C=O) groups is 3. The average Bonchev–Trinajstić information content (AvgIpc) is 2.59. The van der Waals surface area contributed by atoms with Gasteiger partial charge < -0.3 is 14.6 Å². The van der Waals surface area contributed by atoms with Crippen molar-refractivity contribution in [2.24, 2.45) is 0 Å². The van der Waals surface area contributed by atoms with E-state index in [1.807, 2.05) is 0 Å². The number of ether oxygens (including phenoxy) is 2. The zero-order valence-corrected chi connectivity index (χ0v) is 15.0. The zero-order chi connectivity index (χ0) is 20.4. The molecular formula is C13H20B7O6. The van der Waals surface area contributed by atoms with E-state index in [4.69, 9.17) is 45.5 Å². The van der Waals surface area contributed by atoms with Crippen molar-refractivity contribution in [3.05, 3.63) is 12.7 Å². The van der Waals surface area contributed by atoms with Crippen molar-refractivity contribution in [1.82, 2.24) is 0 Å². The molecule has 0 aliphatic rings. The number of hydrogen-bond acceptors (Lipinski definition) is 5. The second-order valence-corrected chi connectivity index (χ2v) is 5.25. The summed E-state index contributed by atoms with van der Waals surface area (Å²) < 4.78 is 9.69. The van der Waals surface area contributed by atoms with E-state index in [1.54, 1.807) is 0 Å². The van der Waals surface area contributed by atoms with E-state index < -0.39 is 18.3 Å². The van der Waals surface area contributed by atoms with Crippen molar-refractivity contribution in [3.8, 4) is 0 Å². The van der Waals surface area contributed by atoms with Crippen molar-refractivity contribution in [1.29, 1.82) is 0 Å². The fourth-order valence-electron chi connectivity index (χ4n) is 1.38. The van der Waals surface area contributed by atoms with Crippen LogP contribution in [0.3, 0.4) is 0 Å². The molecule has 0 saturated heterocycles. The molecule has 0 bridgehead atoms. The molecule has 0 atom stereocenters. The van der Waals surface area contributed by atoms with Gasteiger partial charge in [0.25, 0.3) is 0 Å². The Morgan fingerprint density at radius 3 is 2.00 bits per heavy atom. The topological polar surface area (TPSA) is 89.9 Å². The summed E-state index contributed by atoms with van der Waals surface area (Å²) in [5.74, 6) is -1.73. The first-order chi connectivity index (χ1) is 12.2. The lowest BCUT2D eigenvalue weighted by molar-refractivity contribution is -0.144. The van der Waals surface area contributed by atoms with Crippen LogP contribution in [0.15, 0.2) is 12.7 Å².